The molecule has 3 N–H and O–H groups in total. The third kappa shape index (κ3) is 7.06. The monoisotopic (exact) mass is 550 g/mol. The summed E-state index contributed by atoms with van der Waals surface area (Å²) in [4.78, 5) is 5.01. The first-order valence-corrected chi connectivity index (χ1v) is 12.2. The lowest BCUT2D eigenvalue weighted by Gasteiger charge is -2.27. The minimum Gasteiger partial charge on any atom is -0.393 e. The highest BCUT2D eigenvalue weighted by Gasteiger charge is 2.25. The van der Waals surface area contributed by atoms with Gasteiger partial charge in [-0.1, -0.05) is 18.6 Å². The molecule has 2 aliphatic rings. The van der Waals surface area contributed by atoms with Crippen molar-refractivity contribution in [2.45, 2.75) is 75.5 Å². The van der Waals surface area contributed by atoms with Crippen LogP contribution in [-0.4, -0.2) is 55.6 Å². The van der Waals surface area contributed by atoms with Crippen LogP contribution in [0, 0.1) is 0 Å². The van der Waals surface area contributed by atoms with Crippen molar-refractivity contribution < 1.29 is 13.5 Å². The average Bonchev–Trinajstić information content (AvgIpc) is 2.75. The Labute approximate surface area is 197 Å². The summed E-state index contributed by atoms with van der Waals surface area (Å²) in [6.07, 6.45) is 6.33. The average molecular weight is 551 g/mol. The molecule has 0 unspecified atom stereocenters. The molecule has 0 amide bonds. The highest BCUT2D eigenvalue weighted by atomic mass is 127. The molecule has 1 heterocycles. The first-order chi connectivity index (χ1) is 14.0. The second-order valence-corrected chi connectivity index (χ2v) is 9.89. The molecular formula is C21H35IN4O3S. The fourth-order valence-electron chi connectivity index (χ4n) is 3.93. The summed E-state index contributed by atoms with van der Waals surface area (Å²) in [6, 6.07) is 7.41. The Kier molecular flexibility index (Phi) is 10.3. The second-order valence-electron chi connectivity index (χ2n) is 7.95. The SMILES string of the molecule is CCNC(=NCc1ccc(S(=O)(=O)N2CCCCC2)cc1)NC1CCC(O)CC1.I. The van der Waals surface area contributed by atoms with Gasteiger partial charge in [0.15, 0.2) is 5.96 Å². The first kappa shape index (κ1) is 25.4. The molecule has 0 atom stereocenters. The normalized spacial score (nSPS) is 23.5. The zero-order chi connectivity index (χ0) is 20.7. The molecule has 9 heteroatoms. The fourth-order valence-corrected chi connectivity index (χ4v) is 5.44. The molecule has 1 aromatic rings. The number of aliphatic hydroxyl groups is 1. The number of piperidine rings is 1. The number of hydrogen-bond acceptors (Lipinski definition) is 4. The minimum absolute atomic E-state index is 0. The molecular weight excluding hydrogens is 515 g/mol. The third-order valence-corrected chi connectivity index (χ3v) is 7.59. The zero-order valence-corrected chi connectivity index (χ0v) is 20.9. The topological polar surface area (TPSA) is 94.0 Å². The van der Waals surface area contributed by atoms with E-state index in [4.69, 9.17) is 0 Å². The molecule has 3 rings (SSSR count). The van der Waals surface area contributed by atoms with Gasteiger partial charge in [0.1, 0.15) is 0 Å². The molecule has 1 saturated carbocycles. The number of nitrogens with zero attached hydrogens (tertiary/aromatic N) is 2. The Morgan fingerprint density at radius 1 is 1.10 bits per heavy atom. The highest BCUT2D eigenvalue weighted by molar-refractivity contribution is 14.0. The Morgan fingerprint density at radius 2 is 1.73 bits per heavy atom. The number of rotatable bonds is 6. The lowest BCUT2D eigenvalue weighted by molar-refractivity contribution is 0.120. The molecule has 1 aromatic carbocycles. The molecule has 7 nitrogen and oxygen atoms in total. The first-order valence-electron chi connectivity index (χ1n) is 10.8. The number of aliphatic hydroxyl groups excluding tert-OH is 1. The lowest BCUT2D eigenvalue weighted by Crippen LogP contribution is -2.45. The Hall–Kier alpha value is -0.910. The molecule has 0 aromatic heterocycles. The molecule has 0 spiro atoms. The smallest absolute Gasteiger partial charge is 0.243 e. The van der Waals surface area contributed by atoms with Crippen LogP contribution in [0.4, 0.5) is 0 Å². The van der Waals surface area contributed by atoms with Crippen molar-refractivity contribution >= 4 is 40.0 Å². The van der Waals surface area contributed by atoms with Gasteiger partial charge in [-0.25, -0.2) is 13.4 Å². The van der Waals surface area contributed by atoms with Crippen molar-refractivity contribution in [3.8, 4) is 0 Å². The molecule has 170 valence electrons. The van der Waals surface area contributed by atoms with E-state index in [1.807, 2.05) is 19.1 Å². The molecule has 30 heavy (non-hydrogen) atoms. The molecule has 0 radical (unpaired) electrons. The van der Waals surface area contributed by atoms with Gasteiger partial charge < -0.3 is 15.7 Å². The van der Waals surface area contributed by atoms with E-state index >= 15 is 0 Å². The van der Waals surface area contributed by atoms with Crippen LogP contribution in [-0.2, 0) is 16.6 Å². The maximum Gasteiger partial charge on any atom is 0.243 e. The van der Waals surface area contributed by atoms with Crippen molar-refractivity contribution in [1.82, 2.24) is 14.9 Å². The molecule has 2 fully saturated rings. The maximum atomic E-state index is 12.8. The number of sulfonamides is 1. The van der Waals surface area contributed by atoms with Crippen molar-refractivity contribution in [2.24, 2.45) is 4.99 Å². The van der Waals surface area contributed by atoms with Crippen LogP contribution >= 0.6 is 24.0 Å². The quantitative estimate of drug-likeness (QED) is 0.288. The zero-order valence-electron chi connectivity index (χ0n) is 17.7. The molecule has 0 bridgehead atoms. The van der Waals surface area contributed by atoms with Gasteiger partial charge in [-0.3, -0.25) is 0 Å². The number of benzene rings is 1. The molecule has 1 aliphatic carbocycles. The van der Waals surface area contributed by atoms with Gasteiger partial charge in [0.2, 0.25) is 10.0 Å². The van der Waals surface area contributed by atoms with Crippen LogP contribution in [0.15, 0.2) is 34.2 Å². The van der Waals surface area contributed by atoms with Gasteiger partial charge >= 0.3 is 0 Å². The van der Waals surface area contributed by atoms with E-state index in [0.717, 1.165) is 63.0 Å². The fraction of sp³-hybridized carbons (Fsp3) is 0.667. The summed E-state index contributed by atoms with van der Waals surface area (Å²) in [5.41, 5.74) is 0.971. The van der Waals surface area contributed by atoms with Crippen molar-refractivity contribution in [2.75, 3.05) is 19.6 Å². The van der Waals surface area contributed by atoms with E-state index in [1.165, 1.54) is 0 Å². The second kappa shape index (κ2) is 12.2. The van der Waals surface area contributed by atoms with Gasteiger partial charge in [-0.15, -0.1) is 24.0 Å². The summed E-state index contributed by atoms with van der Waals surface area (Å²) < 4.78 is 27.1. The van der Waals surface area contributed by atoms with Crippen molar-refractivity contribution in [1.29, 1.82) is 0 Å². The van der Waals surface area contributed by atoms with Crippen LogP contribution in [0.25, 0.3) is 0 Å². The number of halogens is 1. The van der Waals surface area contributed by atoms with Crippen LogP contribution in [0.3, 0.4) is 0 Å². The van der Waals surface area contributed by atoms with E-state index in [9.17, 15) is 13.5 Å². The number of nitrogens with one attached hydrogen (secondary N) is 2. The maximum absolute atomic E-state index is 12.8. The largest absolute Gasteiger partial charge is 0.393 e. The van der Waals surface area contributed by atoms with Crippen LogP contribution in [0.1, 0.15) is 57.4 Å². The predicted molar refractivity (Wildman–Crippen MR) is 131 cm³/mol. The standard InChI is InChI=1S/C21H34N4O3S.HI/c1-2-22-21(24-18-8-10-19(26)11-9-18)23-16-17-6-12-20(13-7-17)29(27,28)25-14-4-3-5-15-25;/h6-7,12-13,18-19,26H,2-5,8-11,14-16H2,1H3,(H2,22,23,24);1H. The predicted octanol–water partition coefficient (Wildman–Crippen LogP) is 2.84. The summed E-state index contributed by atoms with van der Waals surface area (Å²) in [7, 11) is -3.39. The third-order valence-electron chi connectivity index (χ3n) is 5.68. The minimum atomic E-state index is -3.39. The summed E-state index contributed by atoms with van der Waals surface area (Å²) in [5, 5.41) is 16.4. The Balaban J connectivity index is 0.00000320. The van der Waals surface area contributed by atoms with E-state index in [-0.39, 0.29) is 30.1 Å². The van der Waals surface area contributed by atoms with E-state index < -0.39 is 10.0 Å². The summed E-state index contributed by atoms with van der Waals surface area (Å²) >= 11 is 0. The van der Waals surface area contributed by atoms with E-state index in [1.54, 1.807) is 16.4 Å². The Bertz CT molecular complexity index is 772. The van der Waals surface area contributed by atoms with Crippen LogP contribution < -0.4 is 10.6 Å². The summed E-state index contributed by atoms with van der Waals surface area (Å²) in [6.45, 7) is 4.51. The highest BCUT2D eigenvalue weighted by Crippen LogP contribution is 2.21. The van der Waals surface area contributed by atoms with Crippen molar-refractivity contribution in [3.63, 3.8) is 0 Å². The van der Waals surface area contributed by atoms with Crippen LogP contribution in [0.5, 0.6) is 0 Å². The summed E-state index contributed by atoms with van der Waals surface area (Å²) in [5.74, 6) is 0.763. The Morgan fingerprint density at radius 3 is 2.33 bits per heavy atom. The molecule has 1 saturated heterocycles. The number of hydrogen-bond donors (Lipinski definition) is 3. The van der Waals surface area contributed by atoms with Gasteiger partial charge in [0, 0.05) is 25.7 Å². The van der Waals surface area contributed by atoms with Gasteiger partial charge in [0.25, 0.3) is 0 Å². The lowest BCUT2D eigenvalue weighted by atomic mass is 9.93. The van der Waals surface area contributed by atoms with Crippen LogP contribution in [0.2, 0.25) is 0 Å². The van der Waals surface area contributed by atoms with Gasteiger partial charge in [-0.2, -0.15) is 4.31 Å². The number of aliphatic imine (C=N–C) groups is 1. The van der Waals surface area contributed by atoms with Crippen molar-refractivity contribution in [3.05, 3.63) is 29.8 Å². The van der Waals surface area contributed by atoms with Gasteiger partial charge in [-0.05, 0) is 63.1 Å². The van der Waals surface area contributed by atoms with E-state index in [0.29, 0.717) is 30.6 Å². The van der Waals surface area contributed by atoms with Gasteiger partial charge in [0.05, 0.1) is 17.5 Å². The molecule has 1 aliphatic heterocycles. The number of guanidine groups is 1. The van der Waals surface area contributed by atoms with E-state index in [2.05, 4.69) is 15.6 Å².